The van der Waals surface area contributed by atoms with Crippen molar-refractivity contribution < 1.29 is 33.4 Å². The maximum atomic E-state index is 13.6. The number of carbonyl (C=O) groups is 5. The summed E-state index contributed by atoms with van der Waals surface area (Å²) in [7, 11) is 1.44. The molecule has 4 N–H and O–H groups in total. The molecule has 0 aromatic heterocycles. The molecule has 4 amide bonds. The predicted octanol–water partition coefficient (Wildman–Crippen LogP) is 2.03. The molecule has 0 saturated heterocycles. The Morgan fingerprint density at radius 3 is 2.16 bits per heavy atom. The molecule has 2 atom stereocenters. The van der Waals surface area contributed by atoms with E-state index in [1.54, 1.807) is 27.7 Å². The zero-order valence-corrected chi connectivity index (χ0v) is 22.8. The van der Waals surface area contributed by atoms with Gasteiger partial charge in [-0.25, -0.2) is 4.79 Å². The second kappa shape index (κ2) is 14.2. The first-order chi connectivity index (χ1) is 17.2. The van der Waals surface area contributed by atoms with Crippen molar-refractivity contribution in [2.24, 2.45) is 5.73 Å². The van der Waals surface area contributed by atoms with E-state index >= 15 is 0 Å². The van der Waals surface area contributed by atoms with Gasteiger partial charge in [0.25, 0.3) is 0 Å². The third-order valence-electron chi connectivity index (χ3n) is 5.40. The van der Waals surface area contributed by atoms with Gasteiger partial charge in [-0.1, -0.05) is 18.2 Å². The maximum absolute atomic E-state index is 13.6. The summed E-state index contributed by atoms with van der Waals surface area (Å²) < 4.78 is 10.2. The molecule has 0 radical (unpaired) electrons. The number of rotatable bonds is 12. The summed E-state index contributed by atoms with van der Waals surface area (Å²) >= 11 is 0. The molecule has 11 heteroatoms. The van der Waals surface area contributed by atoms with Crippen LogP contribution in [0, 0.1) is 13.8 Å². The Morgan fingerprint density at radius 2 is 1.65 bits per heavy atom. The summed E-state index contributed by atoms with van der Waals surface area (Å²) in [5.74, 6) is -2.22. The molecule has 1 rings (SSSR count). The molecule has 0 saturated carbocycles. The number of carbonyl (C=O) groups excluding carboxylic acids is 5. The van der Waals surface area contributed by atoms with Gasteiger partial charge in [-0.05, 0) is 64.7 Å². The molecule has 1 aromatic carbocycles. The number of aryl methyl sites for hydroxylation is 2. The monoisotopic (exact) mass is 520 g/mol. The summed E-state index contributed by atoms with van der Waals surface area (Å²) in [6, 6.07) is 3.23. The molecule has 11 nitrogen and oxygen atoms in total. The average molecular weight is 521 g/mol. The van der Waals surface area contributed by atoms with Gasteiger partial charge in [0.15, 0.2) is 0 Å². The lowest BCUT2D eigenvalue weighted by atomic mass is 9.94. The first-order valence-electron chi connectivity index (χ1n) is 12.2. The molecule has 0 fully saturated rings. The number of nitrogens with one attached hydrogen (secondary N) is 2. The smallest absolute Gasteiger partial charge is 0.408 e. The molecular formula is C26H40N4O7. The molecule has 206 valence electrons. The lowest BCUT2D eigenvalue weighted by molar-refractivity contribution is -0.144. The molecule has 0 heterocycles. The van der Waals surface area contributed by atoms with Gasteiger partial charge in [0.1, 0.15) is 17.7 Å². The number of benzene rings is 1. The van der Waals surface area contributed by atoms with Crippen LogP contribution in [-0.2, 0) is 28.7 Å². The van der Waals surface area contributed by atoms with E-state index in [2.05, 4.69) is 10.6 Å². The highest BCUT2D eigenvalue weighted by atomic mass is 16.6. The van der Waals surface area contributed by atoms with Gasteiger partial charge < -0.3 is 30.7 Å². The van der Waals surface area contributed by atoms with Crippen LogP contribution in [0.25, 0.3) is 0 Å². The average Bonchev–Trinajstić information content (AvgIpc) is 2.77. The summed E-state index contributed by atoms with van der Waals surface area (Å²) in [4.78, 5) is 63.8. The molecule has 0 bridgehead atoms. The van der Waals surface area contributed by atoms with Crippen LogP contribution >= 0.6 is 0 Å². The molecule has 37 heavy (non-hydrogen) atoms. The minimum absolute atomic E-state index is 0.0163. The summed E-state index contributed by atoms with van der Waals surface area (Å²) in [5.41, 5.74) is 6.63. The highest BCUT2D eigenvalue weighted by Gasteiger charge is 2.35. The van der Waals surface area contributed by atoms with E-state index in [1.165, 1.54) is 11.9 Å². The molecule has 1 aromatic rings. The van der Waals surface area contributed by atoms with Gasteiger partial charge in [0.2, 0.25) is 17.7 Å². The zero-order chi connectivity index (χ0) is 28.3. The van der Waals surface area contributed by atoms with Gasteiger partial charge in [-0.15, -0.1) is 0 Å². The second-order valence-electron chi connectivity index (χ2n) is 9.71. The first-order valence-corrected chi connectivity index (χ1v) is 12.2. The summed E-state index contributed by atoms with van der Waals surface area (Å²) in [6.45, 7) is 10.6. The number of alkyl carbamates (subject to hydrolysis) is 1. The van der Waals surface area contributed by atoms with Gasteiger partial charge >= 0.3 is 12.1 Å². The Bertz CT molecular complexity index is 967. The molecule has 0 aliphatic carbocycles. The van der Waals surface area contributed by atoms with E-state index in [0.717, 1.165) is 11.1 Å². The lowest BCUT2D eigenvalue weighted by Gasteiger charge is -2.33. The number of hydrogen-bond donors (Lipinski definition) is 3. The van der Waals surface area contributed by atoms with Crippen LogP contribution in [0.2, 0.25) is 0 Å². The predicted molar refractivity (Wildman–Crippen MR) is 137 cm³/mol. The van der Waals surface area contributed by atoms with Crippen molar-refractivity contribution in [3.05, 3.63) is 34.9 Å². The van der Waals surface area contributed by atoms with Crippen LogP contribution in [0.15, 0.2) is 18.2 Å². The van der Waals surface area contributed by atoms with Crippen LogP contribution in [0.5, 0.6) is 0 Å². The molecular weight excluding hydrogens is 480 g/mol. The van der Waals surface area contributed by atoms with E-state index < -0.39 is 47.5 Å². The van der Waals surface area contributed by atoms with Crippen molar-refractivity contribution in [3.8, 4) is 0 Å². The number of ether oxygens (including phenoxy) is 2. The number of esters is 1. The van der Waals surface area contributed by atoms with E-state index in [-0.39, 0.29) is 32.4 Å². The highest BCUT2D eigenvalue weighted by Crippen LogP contribution is 2.28. The highest BCUT2D eigenvalue weighted by molar-refractivity contribution is 5.92. The minimum Gasteiger partial charge on any atom is -0.466 e. The molecule has 0 aliphatic rings. The molecule has 0 aliphatic heterocycles. The van der Waals surface area contributed by atoms with Crippen LogP contribution in [0.3, 0.4) is 0 Å². The third-order valence-corrected chi connectivity index (χ3v) is 5.40. The van der Waals surface area contributed by atoms with Crippen molar-refractivity contribution >= 4 is 29.8 Å². The summed E-state index contributed by atoms with van der Waals surface area (Å²) in [5, 5.41) is 5.21. The fourth-order valence-electron chi connectivity index (χ4n) is 3.74. The first kappa shape index (κ1) is 31.4. The number of nitrogens with two attached hydrogens (primary N) is 1. The second-order valence-corrected chi connectivity index (χ2v) is 9.71. The van der Waals surface area contributed by atoms with E-state index in [4.69, 9.17) is 15.2 Å². The van der Waals surface area contributed by atoms with Crippen molar-refractivity contribution in [2.75, 3.05) is 20.2 Å². The maximum Gasteiger partial charge on any atom is 0.408 e. The van der Waals surface area contributed by atoms with Crippen molar-refractivity contribution in [1.82, 2.24) is 15.5 Å². The van der Waals surface area contributed by atoms with Crippen LogP contribution in [0.4, 0.5) is 4.79 Å². The number of primary amides is 1. The SMILES string of the molecule is CCOC(=O)CCNC(=O)C(c1c(C)cccc1C)N(C)C(=O)C(CCC(N)=O)NC(=O)OC(C)(C)C. The third kappa shape index (κ3) is 10.5. The minimum atomic E-state index is -1.17. The topological polar surface area (TPSA) is 157 Å². The Kier molecular flexibility index (Phi) is 12.0. The zero-order valence-electron chi connectivity index (χ0n) is 22.8. The Hall–Kier alpha value is -3.63. The van der Waals surface area contributed by atoms with E-state index in [9.17, 15) is 24.0 Å². The molecule has 2 unspecified atom stereocenters. The lowest BCUT2D eigenvalue weighted by Crippen LogP contribution is -2.52. The van der Waals surface area contributed by atoms with E-state index in [1.807, 2.05) is 32.0 Å². The number of nitrogens with zero attached hydrogens (tertiary/aromatic N) is 1. The van der Waals surface area contributed by atoms with Crippen molar-refractivity contribution in [3.63, 3.8) is 0 Å². The van der Waals surface area contributed by atoms with Crippen molar-refractivity contribution in [2.45, 2.75) is 78.5 Å². The largest absolute Gasteiger partial charge is 0.466 e. The van der Waals surface area contributed by atoms with Crippen LogP contribution < -0.4 is 16.4 Å². The van der Waals surface area contributed by atoms with Crippen LogP contribution in [-0.4, -0.2) is 66.5 Å². The van der Waals surface area contributed by atoms with Gasteiger partial charge in [-0.2, -0.15) is 0 Å². The fourth-order valence-corrected chi connectivity index (χ4v) is 3.74. The summed E-state index contributed by atoms with van der Waals surface area (Å²) in [6.07, 6.45) is -1.12. The Morgan fingerprint density at radius 1 is 1.05 bits per heavy atom. The van der Waals surface area contributed by atoms with Gasteiger partial charge in [0, 0.05) is 20.0 Å². The standard InChI is InChI=1S/C26H40N4O7/c1-8-36-20(32)14-15-28-23(33)22(21-16(2)10-9-11-17(21)3)30(7)24(34)18(12-13-19(27)31)29-25(35)37-26(4,5)6/h9-11,18,22H,8,12-15H2,1-7H3,(H2,27,31)(H,28,33)(H,29,35). The number of hydrogen-bond acceptors (Lipinski definition) is 7. The van der Waals surface area contributed by atoms with Gasteiger partial charge in [-0.3, -0.25) is 19.2 Å². The van der Waals surface area contributed by atoms with E-state index in [0.29, 0.717) is 5.56 Å². The molecule has 0 spiro atoms. The van der Waals surface area contributed by atoms with Crippen molar-refractivity contribution in [1.29, 1.82) is 0 Å². The Labute approximate surface area is 218 Å². The van der Waals surface area contributed by atoms with Gasteiger partial charge in [0.05, 0.1) is 13.0 Å². The Balaban J connectivity index is 3.29. The van der Waals surface area contributed by atoms with Crippen LogP contribution in [0.1, 0.15) is 69.7 Å². The number of amides is 4. The number of likely N-dealkylation sites (N-methyl/N-ethyl adjacent to an activating group) is 1. The quantitative estimate of drug-likeness (QED) is 0.356. The normalized spacial score (nSPS) is 12.6. The fraction of sp³-hybridized carbons (Fsp3) is 0.577.